The van der Waals surface area contributed by atoms with Crippen LogP contribution in [-0.4, -0.2) is 55.9 Å². The molecule has 3 heterocycles. The van der Waals surface area contributed by atoms with Gasteiger partial charge in [0.15, 0.2) is 23.9 Å². The molecule has 1 saturated heterocycles. The van der Waals surface area contributed by atoms with Gasteiger partial charge in [0.1, 0.15) is 4.90 Å². The van der Waals surface area contributed by atoms with E-state index in [2.05, 4.69) is 4.98 Å². The van der Waals surface area contributed by atoms with Crippen molar-refractivity contribution < 1.29 is 32.2 Å². The van der Waals surface area contributed by atoms with Gasteiger partial charge in [-0.1, -0.05) is 0 Å². The van der Waals surface area contributed by atoms with Crippen molar-refractivity contribution >= 4 is 21.8 Å². The number of piperidine rings is 1. The van der Waals surface area contributed by atoms with Crippen LogP contribution in [0.4, 0.5) is 0 Å². The lowest BCUT2D eigenvalue weighted by molar-refractivity contribution is -0.148. The number of nitrogens with zero attached hydrogens (tertiary/aromatic N) is 2. The Bertz CT molecular complexity index is 1050. The zero-order valence-electron chi connectivity index (χ0n) is 16.0. The zero-order valence-corrected chi connectivity index (χ0v) is 16.8. The number of carbonyl (C=O) groups excluding carboxylic acids is 2. The second-order valence-corrected chi connectivity index (χ2v) is 8.90. The number of sulfonamides is 1. The van der Waals surface area contributed by atoms with Crippen molar-refractivity contribution in [1.82, 2.24) is 9.29 Å². The smallest absolute Gasteiger partial charge is 0.309 e. The number of hydrogen-bond acceptors (Lipinski definition) is 8. The van der Waals surface area contributed by atoms with Crippen molar-refractivity contribution in [2.45, 2.75) is 17.7 Å². The third-order valence-electron chi connectivity index (χ3n) is 5.10. The molecule has 9 nitrogen and oxygen atoms in total. The van der Waals surface area contributed by atoms with E-state index >= 15 is 0 Å². The first-order chi connectivity index (χ1) is 14.4. The number of esters is 1. The molecule has 1 aromatic heterocycles. The molecule has 0 spiro atoms. The van der Waals surface area contributed by atoms with Crippen LogP contribution in [0.15, 0.2) is 47.6 Å². The van der Waals surface area contributed by atoms with Crippen LogP contribution in [0.3, 0.4) is 0 Å². The van der Waals surface area contributed by atoms with E-state index in [0.717, 1.165) is 0 Å². The number of ketones is 1. The van der Waals surface area contributed by atoms with Gasteiger partial charge < -0.3 is 14.2 Å². The van der Waals surface area contributed by atoms with Gasteiger partial charge in [-0.15, -0.1) is 0 Å². The van der Waals surface area contributed by atoms with Gasteiger partial charge in [0.25, 0.3) is 0 Å². The number of carbonyl (C=O) groups is 2. The van der Waals surface area contributed by atoms with Gasteiger partial charge in [-0.25, -0.2) is 8.42 Å². The molecule has 2 aliphatic heterocycles. The fourth-order valence-electron chi connectivity index (χ4n) is 3.39. The van der Waals surface area contributed by atoms with Crippen LogP contribution in [0.2, 0.25) is 0 Å². The molecule has 2 aliphatic rings. The topological polar surface area (TPSA) is 112 Å². The van der Waals surface area contributed by atoms with Crippen molar-refractivity contribution in [2.75, 3.05) is 26.5 Å². The summed E-state index contributed by atoms with van der Waals surface area (Å²) in [4.78, 5) is 28.6. The monoisotopic (exact) mass is 432 g/mol. The summed E-state index contributed by atoms with van der Waals surface area (Å²) >= 11 is 0. The quantitative estimate of drug-likeness (QED) is 0.500. The van der Waals surface area contributed by atoms with Gasteiger partial charge in [-0.2, -0.15) is 4.31 Å². The van der Waals surface area contributed by atoms with Crippen LogP contribution >= 0.6 is 0 Å². The molecule has 0 radical (unpaired) electrons. The lowest BCUT2D eigenvalue weighted by Crippen LogP contribution is -2.40. The lowest BCUT2D eigenvalue weighted by atomic mass is 9.98. The van der Waals surface area contributed by atoms with Crippen LogP contribution in [0.25, 0.3) is 0 Å². The van der Waals surface area contributed by atoms with Gasteiger partial charge in [-0.05, 0) is 43.2 Å². The average Bonchev–Trinajstić information content (AvgIpc) is 3.26. The minimum Gasteiger partial charge on any atom is -0.457 e. The largest absolute Gasteiger partial charge is 0.457 e. The lowest BCUT2D eigenvalue weighted by Gasteiger charge is -2.29. The predicted octanol–water partition coefficient (Wildman–Crippen LogP) is 1.64. The Hall–Kier alpha value is -2.98. The molecule has 1 aromatic carbocycles. The SMILES string of the molecule is O=C(COC(=O)C1CCN(S(=O)(=O)c2cccnc2)CC1)c1ccc2c(c1)OCO2. The number of hydrogen-bond donors (Lipinski definition) is 0. The van der Waals surface area contributed by atoms with E-state index < -0.39 is 21.9 Å². The first kappa shape index (κ1) is 20.3. The van der Waals surface area contributed by atoms with Crippen LogP contribution < -0.4 is 9.47 Å². The molecule has 1 fully saturated rings. The van der Waals surface area contributed by atoms with E-state index in [0.29, 0.717) is 29.9 Å². The highest BCUT2D eigenvalue weighted by Gasteiger charge is 2.33. The second kappa shape index (κ2) is 8.41. The normalized spacial score (nSPS) is 16.9. The Morgan fingerprint density at radius 1 is 1.13 bits per heavy atom. The molecule has 0 atom stereocenters. The molecule has 0 unspecified atom stereocenters. The maximum Gasteiger partial charge on any atom is 0.309 e. The molecular formula is C20H20N2O7S. The predicted molar refractivity (Wildman–Crippen MR) is 104 cm³/mol. The number of benzene rings is 1. The van der Waals surface area contributed by atoms with Gasteiger partial charge >= 0.3 is 5.97 Å². The third kappa shape index (κ3) is 4.14. The van der Waals surface area contributed by atoms with Crippen molar-refractivity contribution in [3.63, 3.8) is 0 Å². The molecule has 2 aromatic rings. The molecule has 30 heavy (non-hydrogen) atoms. The van der Waals surface area contributed by atoms with Gasteiger partial charge in [0.2, 0.25) is 16.8 Å². The summed E-state index contributed by atoms with van der Waals surface area (Å²) in [6, 6.07) is 7.83. The van der Waals surface area contributed by atoms with Crippen LogP contribution in [-0.2, 0) is 19.6 Å². The highest BCUT2D eigenvalue weighted by molar-refractivity contribution is 7.89. The molecule has 4 rings (SSSR count). The molecule has 10 heteroatoms. The van der Waals surface area contributed by atoms with E-state index in [-0.39, 0.29) is 37.2 Å². The van der Waals surface area contributed by atoms with Crippen molar-refractivity contribution in [3.8, 4) is 11.5 Å². The number of aromatic nitrogens is 1. The molecule has 0 saturated carbocycles. The highest BCUT2D eigenvalue weighted by atomic mass is 32.2. The van der Waals surface area contributed by atoms with Crippen LogP contribution in [0, 0.1) is 5.92 Å². The second-order valence-electron chi connectivity index (χ2n) is 6.97. The number of Topliss-reactive ketones (excluding diaryl/α,β-unsaturated/α-hetero) is 1. The van der Waals surface area contributed by atoms with Crippen molar-refractivity contribution in [2.24, 2.45) is 5.92 Å². The minimum atomic E-state index is -3.64. The van der Waals surface area contributed by atoms with Gasteiger partial charge in [-0.3, -0.25) is 14.6 Å². The number of rotatable bonds is 6. The minimum absolute atomic E-state index is 0.108. The zero-order chi connectivity index (χ0) is 21.1. The standard InChI is InChI=1S/C20H20N2O7S/c23-17(15-3-4-18-19(10-15)29-13-28-18)12-27-20(24)14-5-8-22(9-6-14)30(25,26)16-2-1-7-21-11-16/h1-4,7,10-11,14H,5-6,8-9,12-13H2. The number of fused-ring (bicyclic) bond motifs is 1. The van der Waals surface area contributed by atoms with Gasteiger partial charge in [0.05, 0.1) is 5.92 Å². The molecule has 0 N–H and O–H groups in total. The maximum absolute atomic E-state index is 12.6. The van der Waals surface area contributed by atoms with E-state index in [1.807, 2.05) is 0 Å². The summed E-state index contributed by atoms with van der Waals surface area (Å²) < 4.78 is 42.2. The fourth-order valence-corrected chi connectivity index (χ4v) is 4.82. The summed E-state index contributed by atoms with van der Waals surface area (Å²) in [6.07, 6.45) is 3.47. The fraction of sp³-hybridized carbons (Fsp3) is 0.350. The third-order valence-corrected chi connectivity index (χ3v) is 6.98. The Balaban J connectivity index is 1.29. The molecule has 0 amide bonds. The summed E-state index contributed by atoms with van der Waals surface area (Å²) in [6.45, 7) is 0.129. The van der Waals surface area contributed by atoms with Crippen molar-refractivity contribution in [3.05, 3.63) is 48.3 Å². The van der Waals surface area contributed by atoms with Gasteiger partial charge in [0, 0.05) is 31.0 Å². The van der Waals surface area contributed by atoms with E-state index in [1.165, 1.54) is 22.8 Å². The molecule has 0 aliphatic carbocycles. The highest BCUT2D eigenvalue weighted by Crippen LogP contribution is 2.32. The van der Waals surface area contributed by atoms with Crippen LogP contribution in [0.1, 0.15) is 23.2 Å². The van der Waals surface area contributed by atoms with E-state index in [1.54, 1.807) is 24.3 Å². The first-order valence-electron chi connectivity index (χ1n) is 9.45. The Kier molecular flexibility index (Phi) is 5.69. The molecule has 158 valence electrons. The van der Waals surface area contributed by atoms with Crippen LogP contribution in [0.5, 0.6) is 11.5 Å². The Labute approximate surface area is 173 Å². The first-order valence-corrected chi connectivity index (χ1v) is 10.9. The average molecular weight is 432 g/mol. The number of pyridine rings is 1. The summed E-state index contributed by atoms with van der Waals surface area (Å²) in [5.41, 5.74) is 0.365. The number of ether oxygens (including phenoxy) is 3. The summed E-state index contributed by atoms with van der Waals surface area (Å²) in [5.74, 6) is -0.249. The van der Waals surface area contributed by atoms with Crippen molar-refractivity contribution in [1.29, 1.82) is 0 Å². The molecule has 0 bridgehead atoms. The van der Waals surface area contributed by atoms with E-state index in [4.69, 9.17) is 14.2 Å². The summed E-state index contributed by atoms with van der Waals surface area (Å²) in [7, 11) is -3.64. The van der Waals surface area contributed by atoms with E-state index in [9.17, 15) is 18.0 Å². The molecular weight excluding hydrogens is 412 g/mol. The summed E-state index contributed by atoms with van der Waals surface area (Å²) in [5, 5.41) is 0. The Morgan fingerprint density at radius 3 is 2.63 bits per heavy atom. The maximum atomic E-state index is 12.6. The Morgan fingerprint density at radius 2 is 1.90 bits per heavy atom.